The maximum absolute atomic E-state index is 5.37. The third kappa shape index (κ3) is 2.38. The van der Waals surface area contributed by atoms with Gasteiger partial charge in [0.15, 0.2) is 0 Å². The van der Waals surface area contributed by atoms with Crippen molar-refractivity contribution in [3.63, 3.8) is 0 Å². The fourth-order valence-corrected chi connectivity index (χ4v) is 2.19. The molecule has 0 amide bonds. The van der Waals surface area contributed by atoms with Crippen molar-refractivity contribution in [1.29, 1.82) is 0 Å². The monoisotopic (exact) mass is 209 g/mol. The van der Waals surface area contributed by atoms with Crippen LogP contribution < -0.4 is 5.32 Å². The van der Waals surface area contributed by atoms with Gasteiger partial charge in [-0.25, -0.2) is 0 Å². The van der Waals surface area contributed by atoms with Gasteiger partial charge >= 0.3 is 0 Å². The fraction of sp³-hybridized carbons (Fsp3) is 0.727. The minimum absolute atomic E-state index is 0.627. The zero-order valence-electron chi connectivity index (χ0n) is 9.49. The van der Waals surface area contributed by atoms with Gasteiger partial charge in [0.1, 0.15) is 0 Å². The van der Waals surface area contributed by atoms with E-state index in [1.54, 1.807) is 0 Å². The number of hydrogen-bond acceptors (Lipinski definition) is 3. The fourth-order valence-electron chi connectivity index (χ4n) is 2.19. The first-order chi connectivity index (χ1) is 7.31. The summed E-state index contributed by atoms with van der Waals surface area (Å²) in [5.74, 6) is 0.627. The maximum Gasteiger partial charge on any atom is 0.0765 e. The van der Waals surface area contributed by atoms with Crippen molar-refractivity contribution >= 4 is 0 Å². The number of nitrogens with one attached hydrogen (secondary N) is 1. The van der Waals surface area contributed by atoms with Crippen LogP contribution in [0.25, 0.3) is 0 Å². The van der Waals surface area contributed by atoms with Crippen LogP contribution in [-0.2, 0) is 18.3 Å². The van der Waals surface area contributed by atoms with Crippen LogP contribution in [0.5, 0.6) is 0 Å². The van der Waals surface area contributed by atoms with Gasteiger partial charge in [-0.15, -0.1) is 0 Å². The summed E-state index contributed by atoms with van der Waals surface area (Å²) in [6.07, 6.45) is 2.25. The zero-order valence-corrected chi connectivity index (χ0v) is 9.49. The summed E-state index contributed by atoms with van der Waals surface area (Å²) in [6, 6.07) is 2.21. The Hall–Kier alpha value is -0.870. The lowest BCUT2D eigenvalue weighted by Gasteiger charge is -2.21. The van der Waals surface area contributed by atoms with Crippen molar-refractivity contribution in [2.45, 2.75) is 25.3 Å². The highest BCUT2D eigenvalue weighted by molar-refractivity contribution is 5.15. The Labute approximate surface area is 90.6 Å². The zero-order chi connectivity index (χ0) is 10.7. The average molecular weight is 209 g/mol. The molecule has 4 nitrogen and oxygen atoms in total. The van der Waals surface area contributed by atoms with Crippen molar-refractivity contribution < 1.29 is 4.74 Å². The van der Waals surface area contributed by atoms with E-state index in [1.165, 1.54) is 5.69 Å². The lowest BCUT2D eigenvalue weighted by atomic mass is 9.96. The van der Waals surface area contributed by atoms with Crippen molar-refractivity contribution in [1.82, 2.24) is 15.1 Å². The standard InChI is InChI=1S/C11H19N3O/c1-12-8-10-7-11(14(2)13-10)9-3-5-15-6-4-9/h7,9,12H,3-6,8H2,1-2H3. The third-order valence-corrected chi connectivity index (χ3v) is 2.96. The molecule has 0 spiro atoms. The summed E-state index contributed by atoms with van der Waals surface area (Å²) in [5.41, 5.74) is 2.48. The summed E-state index contributed by atoms with van der Waals surface area (Å²) >= 11 is 0. The highest BCUT2D eigenvalue weighted by atomic mass is 16.5. The molecule has 0 unspecified atom stereocenters. The van der Waals surface area contributed by atoms with Crippen molar-refractivity contribution in [3.8, 4) is 0 Å². The second-order valence-corrected chi connectivity index (χ2v) is 4.10. The smallest absolute Gasteiger partial charge is 0.0765 e. The molecule has 1 N–H and O–H groups in total. The lowest BCUT2D eigenvalue weighted by Crippen LogP contribution is -2.16. The Morgan fingerprint density at radius 1 is 1.53 bits per heavy atom. The molecular formula is C11H19N3O. The van der Waals surface area contributed by atoms with Gasteiger partial charge in [0.25, 0.3) is 0 Å². The van der Waals surface area contributed by atoms with Crippen molar-refractivity contribution in [2.24, 2.45) is 7.05 Å². The molecule has 0 atom stereocenters. The largest absolute Gasteiger partial charge is 0.381 e. The molecule has 0 radical (unpaired) electrons. The first-order valence-electron chi connectivity index (χ1n) is 5.56. The minimum Gasteiger partial charge on any atom is -0.381 e. The van der Waals surface area contributed by atoms with E-state index in [-0.39, 0.29) is 0 Å². The van der Waals surface area contributed by atoms with Crippen LogP contribution in [-0.4, -0.2) is 30.0 Å². The minimum atomic E-state index is 0.627. The third-order valence-electron chi connectivity index (χ3n) is 2.96. The van der Waals surface area contributed by atoms with Gasteiger partial charge in [-0.3, -0.25) is 4.68 Å². The summed E-state index contributed by atoms with van der Waals surface area (Å²) in [6.45, 7) is 2.62. The van der Waals surface area contributed by atoms with Crippen LogP contribution in [0.4, 0.5) is 0 Å². The van der Waals surface area contributed by atoms with E-state index in [0.29, 0.717) is 5.92 Å². The average Bonchev–Trinajstić information content (AvgIpc) is 2.61. The second-order valence-electron chi connectivity index (χ2n) is 4.10. The van der Waals surface area contributed by atoms with E-state index in [1.807, 2.05) is 18.8 Å². The Kier molecular flexibility index (Phi) is 3.38. The molecule has 0 bridgehead atoms. The van der Waals surface area contributed by atoms with Gasteiger partial charge in [0.05, 0.1) is 5.69 Å². The Bertz CT molecular complexity index is 316. The van der Waals surface area contributed by atoms with Crippen LogP contribution in [0.1, 0.15) is 30.1 Å². The Morgan fingerprint density at radius 3 is 2.93 bits per heavy atom. The summed E-state index contributed by atoms with van der Waals surface area (Å²) < 4.78 is 7.39. The topological polar surface area (TPSA) is 39.1 Å². The quantitative estimate of drug-likeness (QED) is 0.808. The SMILES string of the molecule is CNCc1cc(C2CCOCC2)n(C)n1. The predicted octanol–water partition coefficient (Wildman–Crippen LogP) is 1.03. The normalized spacial score (nSPS) is 18.3. The molecule has 15 heavy (non-hydrogen) atoms. The van der Waals surface area contributed by atoms with Crippen molar-refractivity contribution in [3.05, 3.63) is 17.5 Å². The van der Waals surface area contributed by atoms with E-state index in [0.717, 1.165) is 38.3 Å². The Morgan fingerprint density at radius 2 is 2.27 bits per heavy atom. The molecule has 1 saturated heterocycles. The van der Waals surface area contributed by atoms with Gasteiger partial charge in [-0.1, -0.05) is 0 Å². The molecule has 1 fully saturated rings. The molecule has 1 aliphatic heterocycles. The lowest BCUT2D eigenvalue weighted by molar-refractivity contribution is 0.0837. The molecule has 0 saturated carbocycles. The molecule has 1 aliphatic rings. The highest BCUT2D eigenvalue weighted by Gasteiger charge is 2.19. The summed E-state index contributed by atoms with van der Waals surface area (Å²) in [4.78, 5) is 0. The molecule has 2 heterocycles. The van der Waals surface area contributed by atoms with E-state index >= 15 is 0 Å². The molecule has 4 heteroatoms. The van der Waals surface area contributed by atoms with E-state index < -0.39 is 0 Å². The summed E-state index contributed by atoms with van der Waals surface area (Å²) in [7, 11) is 3.98. The molecule has 1 aromatic rings. The molecule has 1 aromatic heterocycles. The van der Waals surface area contributed by atoms with Crippen LogP contribution in [0.2, 0.25) is 0 Å². The van der Waals surface area contributed by atoms with Gasteiger partial charge < -0.3 is 10.1 Å². The van der Waals surface area contributed by atoms with E-state index in [9.17, 15) is 0 Å². The number of aromatic nitrogens is 2. The number of nitrogens with zero attached hydrogens (tertiary/aromatic N) is 2. The number of hydrogen-bond donors (Lipinski definition) is 1. The molecule has 84 valence electrons. The number of rotatable bonds is 3. The molecule has 2 rings (SSSR count). The van der Waals surface area contributed by atoms with Gasteiger partial charge in [0, 0.05) is 38.4 Å². The van der Waals surface area contributed by atoms with Crippen LogP contribution in [0.15, 0.2) is 6.07 Å². The van der Waals surface area contributed by atoms with E-state index in [2.05, 4.69) is 16.5 Å². The Balaban J connectivity index is 2.11. The van der Waals surface area contributed by atoms with Crippen LogP contribution in [0, 0.1) is 0 Å². The first kappa shape index (κ1) is 10.6. The van der Waals surface area contributed by atoms with Gasteiger partial charge in [-0.05, 0) is 26.0 Å². The first-order valence-corrected chi connectivity index (χ1v) is 5.56. The van der Waals surface area contributed by atoms with Crippen molar-refractivity contribution in [2.75, 3.05) is 20.3 Å². The molecular weight excluding hydrogens is 190 g/mol. The van der Waals surface area contributed by atoms with Crippen LogP contribution in [0.3, 0.4) is 0 Å². The van der Waals surface area contributed by atoms with Gasteiger partial charge in [0.2, 0.25) is 0 Å². The van der Waals surface area contributed by atoms with E-state index in [4.69, 9.17) is 4.74 Å². The highest BCUT2D eigenvalue weighted by Crippen LogP contribution is 2.26. The number of aryl methyl sites for hydroxylation is 1. The molecule has 0 aromatic carbocycles. The van der Waals surface area contributed by atoms with Gasteiger partial charge in [-0.2, -0.15) is 5.10 Å². The maximum atomic E-state index is 5.37. The number of ether oxygens (including phenoxy) is 1. The predicted molar refractivity (Wildman–Crippen MR) is 58.8 cm³/mol. The molecule has 0 aliphatic carbocycles. The van der Waals surface area contributed by atoms with Crippen LogP contribution >= 0.6 is 0 Å². The second kappa shape index (κ2) is 4.77. The summed E-state index contributed by atoms with van der Waals surface area (Å²) in [5, 5.41) is 7.62.